The summed E-state index contributed by atoms with van der Waals surface area (Å²) in [4.78, 5) is 33.3. The second kappa shape index (κ2) is 6.83. The summed E-state index contributed by atoms with van der Waals surface area (Å²) in [6, 6.07) is 15.2. The molecule has 1 heterocycles. The molecule has 0 atom stereocenters. The Kier molecular flexibility index (Phi) is 4.42. The number of hydrogen-bond acceptors (Lipinski definition) is 6. The van der Waals surface area contributed by atoms with Crippen molar-refractivity contribution in [1.82, 2.24) is 0 Å². The Morgan fingerprint density at radius 1 is 1.08 bits per heavy atom. The third kappa shape index (κ3) is 3.81. The summed E-state index contributed by atoms with van der Waals surface area (Å²) in [6.07, 6.45) is 0. The van der Waals surface area contributed by atoms with Crippen LogP contribution in [-0.2, 0) is 9.53 Å². The number of benzene rings is 2. The zero-order valence-electron chi connectivity index (χ0n) is 12.8. The lowest BCUT2D eigenvalue weighted by molar-refractivity contribution is -0.402. The van der Waals surface area contributed by atoms with Crippen molar-refractivity contribution in [3.8, 4) is 0 Å². The molecule has 0 saturated heterocycles. The minimum atomic E-state index is -0.957. The fourth-order valence-electron chi connectivity index (χ4n) is 2.20. The van der Waals surface area contributed by atoms with E-state index in [1.807, 2.05) is 30.3 Å². The molecule has 126 valence electrons. The third-order valence-electron chi connectivity index (χ3n) is 3.34. The first kappa shape index (κ1) is 16.2. The largest absolute Gasteiger partial charge is 0.450 e. The van der Waals surface area contributed by atoms with Gasteiger partial charge in [-0.1, -0.05) is 30.3 Å². The van der Waals surface area contributed by atoms with Crippen LogP contribution >= 0.6 is 0 Å². The van der Waals surface area contributed by atoms with Gasteiger partial charge in [0.25, 0.3) is 5.91 Å². The van der Waals surface area contributed by atoms with Crippen molar-refractivity contribution in [3.63, 3.8) is 0 Å². The van der Waals surface area contributed by atoms with Crippen molar-refractivity contribution in [2.45, 2.75) is 0 Å². The molecule has 2 aromatic carbocycles. The average molecular weight is 340 g/mol. The molecule has 0 aliphatic rings. The number of esters is 1. The summed E-state index contributed by atoms with van der Waals surface area (Å²) in [6.45, 7) is -0.542. The van der Waals surface area contributed by atoms with Gasteiger partial charge >= 0.3 is 11.9 Å². The summed E-state index contributed by atoms with van der Waals surface area (Å²) < 4.78 is 9.48. The van der Waals surface area contributed by atoms with Crippen LogP contribution in [0.1, 0.15) is 10.6 Å². The minimum Gasteiger partial charge on any atom is -0.450 e. The molecule has 0 saturated carbocycles. The summed E-state index contributed by atoms with van der Waals surface area (Å²) >= 11 is 0. The lowest BCUT2D eigenvalue weighted by atomic mass is 10.1. The highest BCUT2D eigenvalue weighted by Gasteiger charge is 2.19. The van der Waals surface area contributed by atoms with E-state index in [-0.39, 0.29) is 5.76 Å². The number of carbonyl (C=O) groups is 2. The maximum Gasteiger partial charge on any atom is 0.433 e. The molecule has 8 nitrogen and oxygen atoms in total. The van der Waals surface area contributed by atoms with Gasteiger partial charge < -0.3 is 14.5 Å². The summed E-state index contributed by atoms with van der Waals surface area (Å²) in [7, 11) is 0. The molecule has 0 radical (unpaired) electrons. The molecular formula is C17H12N2O6. The van der Waals surface area contributed by atoms with E-state index in [9.17, 15) is 19.7 Å². The number of nitrogens with one attached hydrogen (secondary N) is 1. The van der Waals surface area contributed by atoms with E-state index < -0.39 is 29.3 Å². The molecule has 1 N–H and O–H groups in total. The van der Waals surface area contributed by atoms with Gasteiger partial charge in [-0.2, -0.15) is 0 Å². The Morgan fingerprint density at radius 2 is 1.84 bits per heavy atom. The molecule has 0 bridgehead atoms. The Balaban J connectivity index is 1.58. The molecule has 0 aliphatic heterocycles. The first-order valence-corrected chi connectivity index (χ1v) is 7.23. The molecular weight excluding hydrogens is 328 g/mol. The van der Waals surface area contributed by atoms with E-state index in [1.165, 1.54) is 0 Å². The molecule has 25 heavy (non-hydrogen) atoms. The smallest absolute Gasteiger partial charge is 0.433 e. The maximum absolute atomic E-state index is 11.9. The number of rotatable bonds is 5. The topological polar surface area (TPSA) is 112 Å². The second-order valence-corrected chi connectivity index (χ2v) is 5.08. The summed E-state index contributed by atoms with van der Waals surface area (Å²) in [5.74, 6) is -2.41. The van der Waals surface area contributed by atoms with Crippen LogP contribution in [0.2, 0.25) is 0 Å². The third-order valence-corrected chi connectivity index (χ3v) is 3.34. The monoisotopic (exact) mass is 340 g/mol. The fraction of sp³-hybridized carbons (Fsp3) is 0.0588. The number of hydrogen-bond donors (Lipinski definition) is 1. The van der Waals surface area contributed by atoms with E-state index in [0.29, 0.717) is 5.69 Å². The fourth-order valence-corrected chi connectivity index (χ4v) is 2.20. The van der Waals surface area contributed by atoms with Crippen molar-refractivity contribution < 1.29 is 23.7 Å². The van der Waals surface area contributed by atoms with Crippen molar-refractivity contribution in [3.05, 3.63) is 70.5 Å². The van der Waals surface area contributed by atoms with Gasteiger partial charge in [0, 0.05) is 5.69 Å². The van der Waals surface area contributed by atoms with Gasteiger partial charge in [-0.05, 0) is 29.0 Å². The van der Waals surface area contributed by atoms with Crippen molar-refractivity contribution in [1.29, 1.82) is 0 Å². The number of anilines is 1. The highest BCUT2D eigenvalue weighted by Crippen LogP contribution is 2.19. The number of ether oxygens (including phenoxy) is 1. The van der Waals surface area contributed by atoms with Gasteiger partial charge in [0.2, 0.25) is 5.76 Å². The molecule has 8 heteroatoms. The van der Waals surface area contributed by atoms with Crippen LogP contribution in [0, 0.1) is 10.1 Å². The highest BCUT2D eigenvalue weighted by molar-refractivity contribution is 5.96. The first-order valence-electron chi connectivity index (χ1n) is 7.23. The lowest BCUT2D eigenvalue weighted by Gasteiger charge is -2.07. The number of fused-ring (bicyclic) bond motifs is 1. The van der Waals surface area contributed by atoms with Gasteiger partial charge in [-0.15, -0.1) is 0 Å². The van der Waals surface area contributed by atoms with Crippen LogP contribution in [0.15, 0.2) is 59.0 Å². The van der Waals surface area contributed by atoms with Crippen LogP contribution in [0.4, 0.5) is 11.6 Å². The molecule has 0 aliphatic carbocycles. The Labute approximate surface area is 141 Å². The van der Waals surface area contributed by atoms with Gasteiger partial charge in [0.15, 0.2) is 6.61 Å². The molecule has 3 rings (SSSR count). The van der Waals surface area contributed by atoms with E-state index in [1.54, 1.807) is 12.1 Å². The van der Waals surface area contributed by atoms with E-state index >= 15 is 0 Å². The standard InChI is InChI=1S/C17H12N2O6/c20-15(10-24-17(21)14-7-8-16(25-14)19(22)23)18-13-6-5-11-3-1-2-4-12(11)9-13/h1-9H,10H2,(H,18,20). The molecule has 0 unspecified atom stereocenters. The van der Waals surface area contributed by atoms with Crippen LogP contribution < -0.4 is 5.32 Å². The van der Waals surface area contributed by atoms with Gasteiger partial charge in [0.05, 0.1) is 6.07 Å². The molecule has 3 aromatic rings. The van der Waals surface area contributed by atoms with E-state index in [4.69, 9.17) is 9.15 Å². The van der Waals surface area contributed by atoms with Gasteiger partial charge in [-0.25, -0.2) is 4.79 Å². The Morgan fingerprint density at radius 3 is 2.56 bits per heavy atom. The van der Waals surface area contributed by atoms with E-state index in [2.05, 4.69) is 5.32 Å². The van der Waals surface area contributed by atoms with Crippen molar-refractivity contribution >= 4 is 34.2 Å². The number of carbonyl (C=O) groups excluding carboxylic acids is 2. The van der Waals surface area contributed by atoms with Crippen LogP contribution in [-0.4, -0.2) is 23.4 Å². The van der Waals surface area contributed by atoms with Gasteiger partial charge in [0.1, 0.15) is 4.92 Å². The highest BCUT2D eigenvalue weighted by atomic mass is 16.7. The van der Waals surface area contributed by atoms with Crippen LogP contribution in [0.5, 0.6) is 0 Å². The normalized spacial score (nSPS) is 10.4. The van der Waals surface area contributed by atoms with Crippen LogP contribution in [0.25, 0.3) is 10.8 Å². The Bertz CT molecular complexity index is 962. The number of nitrogens with zero attached hydrogens (tertiary/aromatic N) is 1. The maximum atomic E-state index is 11.9. The zero-order chi connectivity index (χ0) is 17.8. The molecule has 1 amide bonds. The number of amides is 1. The molecule has 1 aromatic heterocycles. The first-order chi connectivity index (χ1) is 12.0. The summed E-state index contributed by atoms with van der Waals surface area (Å²) in [5.41, 5.74) is 0.563. The number of furan rings is 1. The second-order valence-electron chi connectivity index (χ2n) is 5.08. The lowest BCUT2D eigenvalue weighted by Crippen LogP contribution is -2.20. The average Bonchev–Trinajstić information content (AvgIpc) is 3.10. The molecule has 0 spiro atoms. The van der Waals surface area contributed by atoms with E-state index in [0.717, 1.165) is 22.9 Å². The van der Waals surface area contributed by atoms with Crippen LogP contribution in [0.3, 0.4) is 0 Å². The van der Waals surface area contributed by atoms with Crippen molar-refractivity contribution in [2.75, 3.05) is 11.9 Å². The predicted octanol–water partition coefficient (Wildman–Crippen LogP) is 3.14. The minimum absolute atomic E-state index is 0.342. The van der Waals surface area contributed by atoms with Crippen molar-refractivity contribution in [2.24, 2.45) is 0 Å². The van der Waals surface area contributed by atoms with Gasteiger partial charge in [-0.3, -0.25) is 14.9 Å². The quantitative estimate of drug-likeness (QED) is 0.434. The molecule has 0 fully saturated rings. The summed E-state index contributed by atoms with van der Waals surface area (Å²) in [5, 5.41) is 15.1. The Hall–Kier alpha value is -3.68. The predicted molar refractivity (Wildman–Crippen MR) is 88.2 cm³/mol. The number of nitro groups is 1. The zero-order valence-corrected chi connectivity index (χ0v) is 12.8. The SMILES string of the molecule is O=C(COC(=O)c1ccc([N+](=O)[O-])o1)Nc1ccc2ccccc2c1.